The smallest absolute Gasteiger partial charge is 0.162 e. The Labute approximate surface area is 171 Å². The summed E-state index contributed by atoms with van der Waals surface area (Å²) in [5.41, 5.74) is 2.03. The second-order valence-corrected chi connectivity index (χ2v) is 7.84. The summed E-state index contributed by atoms with van der Waals surface area (Å²) in [4.78, 5) is 7.55. The van der Waals surface area contributed by atoms with E-state index in [1.807, 2.05) is 30.3 Å². The fourth-order valence-corrected chi connectivity index (χ4v) is 4.46. The molecule has 2 heterocycles. The van der Waals surface area contributed by atoms with E-state index in [1.54, 1.807) is 19.2 Å². The van der Waals surface area contributed by atoms with Crippen LogP contribution in [0.5, 0.6) is 17.2 Å². The molecule has 2 aliphatic rings. The van der Waals surface area contributed by atoms with Crippen LogP contribution in [0.25, 0.3) is 0 Å². The highest BCUT2D eigenvalue weighted by Crippen LogP contribution is 2.41. The first kappa shape index (κ1) is 19.7. The molecule has 2 aromatic carbocycles. The Balaban J connectivity index is 1.75. The number of rotatable bonds is 4. The van der Waals surface area contributed by atoms with E-state index in [9.17, 15) is 10.2 Å². The number of methoxy groups -OCH3 is 1. The van der Waals surface area contributed by atoms with Gasteiger partial charge in [0.15, 0.2) is 11.5 Å². The normalized spacial score (nSPS) is 21.7. The number of benzene rings is 2. The number of nitrogens with zero attached hydrogens (tertiary/aromatic N) is 2. The predicted molar refractivity (Wildman–Crippen MR) is 114 cm³/mol. The lowest BCUT2D eigenvalue weighted by Gasteiger charge is -2.45. The maximum atomic E-state index is 10.8. The number of phenolic OH excluding ortho intramolecular Hbond substituents is 2. The van der Waals surface area contributed by atoms with Gasteiger partial charge in [0, 0.05) is 42.4 Å². The van der Waals surface area contributed by atoms with Crippen molar-refractivity contribution in [3.63, 3.8) is 0 Å². The number of phenols is 2. The molecule has 1 fully saturated rings. The highest BCUT2D eigenvalue weighted by molar-refractivity contribution is 6.03. The van der Waals surface area contributed by atoms with Crippen LogP contribution in [0.4, 0.5) is 0 Å². The third-order valence-electron chi connectivity index (χ3n) is 6.16. The Morgan fingerprint density at radius 1 is 1.14 bits per heavy atom. The van der Waals surface area contributed by atoms with Crippen molar-refractivity contribution in [2.75, 3.05) is 26.7 Å². The SMILES string of the molecule is CCN1CCC2(CC1)N=C(c1ccccc1O)C[C@H](c1cccc(OC)c1O)N2. The van der Waals surface area contributed by atoms with E-state index in [1.165, 1.54) is 0 Å². The van der Waals surface area contributed by atoms with E-state index >= 15 is 0 Å². The molecule has 0 radical (unpaired) electrons. The summed E-state index contributed by atoms with van der Waals surface area (Å²) in [6.45, 7) is 5.15. The zero-order chi connectivity index (χ0) is 20.4. The van der Waals surface area contributed by atoms with Crippen LogP contribution in [-0.2, 0) is 0 Å². The van der Waals surface area contributed by atoms with Crippen LogP contribution < -0.4 is 10.1 Å². The topological polar surface area (TPSA) is 77.3 Å². The minimum Gasteiger partial charge on any atom is -0.507 e. The molecule has 29 heavy (non-hydrogen) atoms. The van der Waals surface area contributed by atoms with E-state index in [2.05, 4.69) is 17.1 Å². The number of aliphatic imine (C=N–C) groups is 1. The summed E-state index contributed by atoms with van der Waals surface area (Å²) < 4.78 is 5.32. The summed E-state index contributed by atoms with van der Waals surface area (Å²) in [5, 5.41) is 24.9. The van der Waals surface area contributed by atoms with Crippen molar-refractivity contribution in [1.82, 2.24) is 10.2 Å². The summed E-state index contributed by atoms with van der Waals surface area (Å²) in [5.74, 6) is 0.862. The van der Waals surface area contributed by atoms with E-state index < -0.39 is 5.66 Å². The number of ether oxygens (including phenoxy) is 1. The molecule has 6 heteroatoms. The van der Waals surface area contributed by atoms with Crippen molar-refractivity contribution in [3.05, 3.63) is 53.6 Å². The molecule has 0 bridgehead atoms. The summed E-state index contributed by atoms with van der Waals surface area (Å²) in [6.07, 6.45) is 2.36. The Hall–Kier alpha value is -2.57. The first-order chi connectivity index (χ1) is 14.0. The lowest BCUT2D eigenvalue weighted by atomic mass is 9.87. The molecule has 2 aliphatic heterocycles. The predicted octanol–water partition coefficient (Wildman–Crippen LogP) is 3.44. The third-order valence-corrected chi connectivity index (χ3v) is 6.16. The average molecular weight is 396 g/mol. The van der Waals surface area contributed by atoms with E-state index in [-0.39, 0.29) is 17.5 Å². The lowest BCUT2D eigenvalue weighted by Crippen LogP contribution is -2.56. The summed E-state index contributed by atoms with van der Waals surface area (Å²) in [7, 11) is 1.56. The number of likely N-dealkylation sites (tertiary alicyclic amines) is 1. The van der Waals surface area contributed by atoms with Gasteiger partial charge in [0.25, 0.3) is 0 Å². The number of hydrogen-bond acceptors (Lipinski definition) is 6. The lowest BCUT2D eigenvalue weighted by molar-refractivity contribution is 0.129. The van der Waals surface area contributed by atoms with E-state index in [0.29, 0.717) is 12.2 Å². The van der Waals surface area contributed by atoms with Gasteiger partial charge in [0.2, 0.25) is 0 Å². The van der Waals surface area contributed by atoms with Crippen LogP contribution in [-0.4, -0.2) is 53.2 Å². The Morgan fingerprint density at radius 2 is 1.90 bits per heavy atom. The monoisotopic (exact) mass is 395 g/mol. The largest absolute Gasteiger partial charge is 0.507 e. The van der Waals surface area contributed by atoms with Crippen LogP contribution in [0.3, 0.4) is 0 Å². The second kappa shape index (κ2) is 8.05. The van der Waals surface area contributed by atoms with Gasteiger partial charge < -0.3 is 19.8 Å². The number of para-hydroxylation sites is 2. The first-order valence-electron chi connectivity index (χ1n) is 10.3. The first-order valence-corrected chi connectivity index (χ1v) is 10.3. The van der Waals surface area contributed by atoms with Gasteiger partial charge in [-0.3, -0.25) is 10.3 Å². The van der Waals surface area contributed by atoms with Crippen molar-refractivity contribution in [2.45, 2.75) is 37.9 Å². The number of nitrogens with one attached hydrogen (secondary N) is 1. The molecule has 0 saturated carbocycles. The van der Waals surface area contributed by atoms with E-state index in [4.69, 9.17) is 9.73 Å². The van der Waals surface area contributed by atoms with Gasteiger partial charge in [-0.15, -0.1) is 0 Å². The summed E-state index contributed by atoms with van der Waals surface area (Å²) in [6, 6.07) is 12.8. The van der Waals surface area contributed by atoms with Gasteiger partial charge >= 0.3 is 0 Å². The molecule has 0 aromatic heterocycles. The van der Waals surface area contributed by atoms with Crippen molar-refractivity contribution in [2.24, 2.45) is 4.99 Å². The quantitative estimate of drug-likeness (QED) is 0.739. The molecule has 1 spiro atoms. The fraction of sp³-hybridized carbons (Fsp3) is 0.435. The molecule has 1 saturated heterocycles. The van der Waals surface area contributed by atoms with Crippen LogP contribution in [0.1, 0.15) is 43.4 Å². The number of hydrogen-bond donors (Lipinski definition) is 3. The Morgan fingerprint density at radius 3 is 2.59 bits per heavy atom. The maximum Gasteiger partial charge on any atom is 0.162 e. The molecule has 0 amide bonds. The van der Waals surface area contributed by atoms with Gasteiger partial charge in [0.05, 0.1) is 7.11 Å². The zero-order valence-corrected chi connectivity index (χ0v) is 17.1. The van der Waals surface area contributed by atoms with Gasteiger partial charge in [-0.1, -0.05) is 31.2 Å². The molecule has 4 rings (SSSR count). The van der Waals surface area contributed by atoms with Gasteiger partial charge in [-0.2, -0.15) is 0 Å². The van der Waals surface area contributed by atoms with Gasteiger partial charge in [-0.05, 0) is 37.6 Å². The number of piperidine rings is 1. The third kappa shape index (κ3) is 3.82. The highest BCUT2D eigenvalue weighted by atomic mass is 16.5. The van der Waals surface area contributed by atoms with Crippen LogP contribution >= 0.6 is 0 Å². The maximum absolute atomic E-state index is 10.8. The standard InChI is InChI=1S/C23H29N3O3/c1-3-26-13-11-23(12-14-26)24-18(16-7-4-5-9-20(16)27)15-19(25-23)17-8-6-10-21(29-2)22(17)28/h4-10,19,25,27-28H,3,11-15H2,1-2H3/t19-/m1/s1. The molecule has 2 aromatic rings. The summed E-state index contributed by atoms with van der Waals surface area (Å²) >= 11 is 0. The van der Waals surface area contributed by atoms with Gasteiger partial charge in [0.1, 0.15) is 11.4 Å². The molecular weight excluding hydrogens is 366 g/mol. The van der Waals surface area contributed by atoms with E-state index in [0.717, 1.165) is 49.3 Å². The highest BCUT2D eigenvalue weighted by Gasteiger charge is 2.40. The molecule has 3 N–H and O–H groups in total. The molecular formula is C23H29N3O3. The molecule has 1 atom stereocenters. The van der Waals surface area contributed by atoms with Crippen molar-refractivity contribution in [1.29, 1.82) is 0 Å². The Kier molecular flexibility index (Phi) is 5.48. The fourth-order valence-electron chi connectivity index (χ4n) is 4.46. The minimum absolute atomic E-state index is 0.120. The minimum atomic E-state index is -0.401. The van der Waals surface area contributed by atoms with Crippen LogP contribution in [0.15, 0.2) is 47.5 Å². The average Bonchev–Trinajstić information content (AvgIpc) is 2.74. The molecule has 0 aliphatic carbocycles. The van der Waals surface area contributed by atoms with Gasteiger partial charge in [-0.25, -0.2) is 0 Å². The van der Waals surface area contributed by atoms with Crippen molar-refractivity contribution >= 4 is 5.71 Å². The second-order valence-electron chi connectivity index (χ2n) is 7.84. The zero-order valence-electron chi connectivity index (χ0n) is 17.1. The van der Waals surface area contributed by atoms with Crippen molar-refractivity contribution < 1.29 is 14.9 Å². The van der Waals surface area contributed by atoms with Crippen molar-refractivity contribution in [3.8, 4) is 17.2 Å². The van der Waals surface area contributed by atoms with Crippen LogP contribution in [0.2, 0.25) is 0 Å². The molecule has 154 valence electrons. The van der Waals surface area contributed by atoms with Crippen LogP contribution in [0, 0.1) is 0 Å². The molecule has 6 nitrogen and oxygen atoms in total. The molecule has 0 unspecified atom stereocenters. The number of aromatic hydroxyl groups is 2. The Bertz CT molecular complexity index is 904.